The highest BCUT2D eigenvalue weighted by atomic mass is 17.0. The van der Waals surface area contributed by atoms with Crippen molar-refractivity contribution in [1.82, 2.24) is 0 Å². The maximum absolute atomic E-state index is 13.4. The van der Waals surface area contributed by atoms with Crippen LogP contribution in [0.1, 0.15) is 90.9 Å². The first-order valence-electron chi connectivity index (χ1n) is 17.9. The number of unbranched alkanes of at least 4 members (excludes halogenated alkanes) is 2. The van der Waals surface area contributed by atoms with Crippen LogP contribution in [0.2, 0.25) is 0 Å². The summed E-state index contributed by atoms with van der Waals surface area (Å²) in [5.74, 6) is -4.81. The average Bonchev–Trinajstić information content (AvgIpc) is 3.43. The molecule has 0 aromatic heterocycles. The number of Topliss-reactive ketones (excluding diaryl/α,β-unsaturated/α-hetero) is 1. The van der Waals surface area contributed by atoms with Crippen molar-refractivity contribution < 1.29 is 73.4 Å². The fourth-order valence-corrected chi connectivity index (χ4v) is 8.76. The number of rotatable bonds is 19. The van der Waals surface area contributed by atoms with Crippen molar-refractivity contribution in [2.75, 3.05) is 19.8 Å². The molecule has 3 fully saturated rings. The van der Waals surface area contributed by atoms with Crippen molar-refractivity contribution in [3.05, 3.63) is 44.0 Å². The zero-order valence-electron chi connectivity index (χ0n) is 30.3. The van der Waals surface area contributed by atoms with Crippen LogP contribution in [0.15, 0.2) is 23.8 Å². The first-order chi connectivity index (χ1) is 25.4. The van der Waals surface area contributed by atoms with Crippen LogP contribution >= 0.6 is 0 Å². The molecule has 19 nitrogen and oxygen atoms in total. The predicted molar refractivity (Wildman–Crippen MR) is 181 cm³/mol. The summed E-state index contributed by atoms with van der Waals surface area (Å²) < 4.78 is 10.1. The molecule has 0 radical (unpaired) electrons. The number of nitrogens with zero attached hydrogens (tertiary/aromatic N) is 2. The number of carbonyl (C=O) groups is 6. The summed E-state index contributed by atoms with van der Waals surface area (Å²) in [6.07, 6.45) is 6.33. The Kier molecular flexibility index (Phi) is 15.6. The summed E-state index contributed by atoms with van der Waals surface area (Å²) in [6, 6.07) is 0. The third kappa shape index (κ3) is 11.5. The minimum atomic E-state index is -1.78. The lowest BCUT2D eigenvalue weighted by molar-refractivity contribution is -0.757. The third-order valence-corrected chi connectivity index (χ3v) is 11.1. The third-order valence-electron chi connectivity index (χ3n) is 11.1. The van der Waals surface area contributed by atoms with Gasteiger partial charge >= 0.3 is 23.9 Å². The van der Waals surface area contributed by atoms with E-state index in [0.29, 0.717) is 25.7 Å². The number of fused-ring (bicyclic) bond motifs is 5. The molecule has 0 aliphatic heterocycles. The quantitative estimate of drug-likeness (QED) is 0.0735. The molecule has 8 atom stereocenters. The Morgan fingerprint density at radius 2 is 1.59 bits per heavy atom. The molecule has 0 aromatic rings. The molecule has 300 valence electrons. The van der Waals surface area contributed by atoms with E-state index < -0.39 is 76.0 Å². The van der Waals surface area contributed by atoms with E-state index in [1.807, 2.05) is 13.0 Å². The van der Waals surface area contributed by atoms with Gasteiger partial charge in [-0.3, -0.25) is 24.0 Å². The lowest BCUT2D eigenvalue weighted by atomic mass is 9.46. The van der Waals surface area contributed by atoms with Gasteiger partial charge in [0.1, 0.15) is 6.61 Å². The fraction of sp³-hybridized carbons (Fsp3) is 0.714. The summed E-state index contributed by atoms with van der Waals surface area (Å²) in [5.41, 5.74) is 0.148. The van der Waals surface area contributed by atoms with Crippen LogP contribution in [-0.2, 0) is 47.9 Å². The first kappa shape index (κ1) is 43.5. The minimum Gasteiger partial charge on any atom is -0.481 e. The number of carboxylic acid groups (broad SMARTS) is 2. The van der Waals surface area contributed by atoms with Gasteiger partial charge in [0.2, 0.25) is 6.10 Å². The molecule has 0 amide bonds. The number of ether oxygens (including phenoxy) is 2. The Hall–Kier alpha value is -4.94. The van der Waals surface area contributed by atoms with Gasteiger partial charge in [0.15, 0.2) is 11.6 Å². The maximum Gasteiger partial charge on any atom is 0.345 e. The summed E-state index contributed by atoms with van der Waals surface area (Å²) >= 11 is 0. The highest BCUT2D eigenvalue weighted by molar-refractivity contribution is 6.01. The van der Waals surface area contributed by atoms with Crippen molar-refractivity contribution in [3.63, 3.8) is 0 Å². The molecule has 0 heterocycles. The molecule has 3 saturated carbocycles. The number of esters is 2. The summed E-state index contributed by atoms with van der Waals surface area (Å²) in [4.78, 5) is 98.9. The number of carbonyl (C=O) groups excluding carboxylic acids is 4. The van der Waals surface area contributed by atoms with Gasteiger partial charge in [-0.15, -0.1) is 20.2 Å². The van der Waals surface area contributed by atoms with Crippen molar-refractivity contribution >= 4 is 35.4 Å². The largest absolute Gasteiger partial charge is 0.481 e. The van der Waals surface area contributed by atoms with E-state index in [1.165, 1.54) is 0 Å². The molecular formula is C35H48N2O17. The van der Waals surface area contributed by atoms with Crippen LogP contribution in [0.25, 0.3) is 0 Å². The van der Waals surface area contributed by atoms with Crippen LogP contribution in [0.5, 0.6) is 0 Å². The highest BCUT2D eigenvalue weighted by Crippen LogP contribution is 2.66. The number of hydrogen-bond acceptors (Lipinski definition) is 15. The Bertz CT molecular complexity index is 1490. The van der Waals surface area contributed by atoms with Gasteiger partial charge in [-0.05, 0) is 80.8 Å². The fourth-order valence-electron chi connectivity index (χ4n) is 8.76. The van der Waals surface area contributed by atoms with Gasteiger partial charge in [-0.1, -0.05) is 31.9 Å². The topological polar surface area (TPSA) is 286 Å². The Labute approximate surface area is 310 Å². The van der Waals surface area contributed by atoms with Crippen molar-refractivity contribution in [1.29, 1.82) is 0 Å². The smallest absolute Gasteiger partial charge is 0.345 e. The Morgan fingerprint density at radius 1 is 0.926 bits per heavy atom. The molecule has 4 aliphatic carbocycles. The van der Waals surface area contributed by atoms with E-state index in [2.05, 4.69) is 16.6 Å². The molecule has 0 aromatic carbocycles. The Morgan fingerprint density at radius 3 is 2.22 bits per heavy atom. The molecule has 0 bridgehead atoms. The lowest BCUT2D eigenvalue weighted by Crippen LogP contribution is -2.56. The van der Waals surface area contributed by atoms with Gasteiger partial charge in [0.05, 0.1) is 25.7 Å². The van der Waals surface area contributed by atoms with Gasteiger partial charge in [-0.2, -0.15) is 0 Å². The van der Waals surface area contributed by atoms with E-state index in [9.17, 15) is 59.2 Å². The molecule has 4 rings (SSSR count). The zero-order valence-corrected chi connectivity index (χ0v) is 30.3. The molecule has 19 heteroatoms. The lowest BCUT2D eigenvalue weighted by Gasteiger charge is -2.58. The van der Waals surface area contributed by atoms with E-state index in [1.54, 1.807) is 12.2 Å². The van der Waals surface area contributed by atoms with Gasteiger partial charge in [0, 0.05) is 30.1 Å². The molecule has 3 N–H and O–H groups in total. The van der Waals surface area contributed by atoms with Crippen molar-refractivity contribution in [2.24, 2.45) is 34.5 Å². The molecule has 8 unspecified atom stereocenters. The standard InChI is InChI=1S/C31H41NO12.C4H7NO5/c1-30-12-11-19(33)14-18(30)7-8-20-21-9-10-22(31(21,2)16-23(34)28(20)30)24(35)17-42-27(37)15-25(29(38)39)44-26(36)6-4-3-5-13-43-32(40)41;6-4(7)2-1-3-10-5(8)9/h11-12,14,20-23,25,28,34H,3-10,13,15-17H2,1-2H3,(H,38,39);1-3H2,(H,6,7). The van der Waals surface area contributed by atoms with Crippen LogP contribution in [0.4, 0.5) is 0 Å². The van der Waals surface area contributed by atoms with Crippen LogP contribution < -0.4 is 0 Å². The van der Waals surface area contributed by atoms with Gasteiger partial charge in [0.25, 0.3) is 10.2 Å². The summed E-state index contributed by atoms with van der Waals surface area (Å²) in [7, 11) is 0. The number of aliphatic hydroxyl groups excluding tert-OH is 1. The van der Waals surface area contributed by atoms with Crippen LogP contribution in [0.3, 0.4) is 0 Å². The zero-order chi connectivity index (χ0) is 40.2. The molecule has 54 heavy (non-hydrogen) atoms. The Balaban J connectivity index is 0.000000687. The molecule has 0 spiro atoms. The second-order valence-corrected chi connectivity index (χ2v) is 14.5. The van der Waals surface area contributed by atoms with Gasteiger partial charge in [-0.25, -0.2) is 4.79 Å². The van der Waals surface area contributed by atoms with E-state index in [-0.39, 0.29) is 68.2 Å². The number of ketones is 2. The summed E-state index contributed by atoms with van der Waals surface area (Å²) in [5, 5.41) is 46.7. The maximum atomic E-state index is 13.4. The summed E-state index contributed by atoms with van der Waals surface area (Å²) in [6.45, 7) is 3.29. The number of hydrogen-bond donors (Lipinski definition) is 3. The van der Waals surface area contributed by atoms with E-state index in [4.69, 9.17) is 14.6 Å². The normalized spacial score (nSPS) is 28.3. The molecule has 0 saturated heterocycles. The predicted octanol–water partition coefficient (Wildman–Crippen LogP) is 3.21. The number of carboxylic acids is 2. The van der Waals surface area contributed by atoms with Crippen LogP contribution in [0, 0.1) is 54.7 Å². The average molecular weight is 769 g/mol. The van der Waals surface area contributed by atoms with Crippen molar-refractivity contribution in [3.8, 4) is 0 Å². The SMILES string of the molecule is CC12C=CC(=O)C=C1CCC1C2C(O)CC2(C)C(C(=O)COC(=O)CC(OC(=O)CCCCCO[N+](=O)[O-])C(=O)O)CCC12.O=C(O)CCCO[N+](=O)[O-]. The molecular weight excluding hydrogens is 720 g/mol. The molecule has 4 aliphatic rings. The van der Waals surface area contributed by atoms with E-state index >= 15 is 0 Å². The monoisotopic (exact) mass is 768 g/mol. The second-order valence-electron chi connectivity index (χ2n) is 14.5. The number of aliphatic carboxylic acids is 2. The highest BCUT2D eigenvalue weighted by Gasteiger charge is 2.62. The van der Waals surface area contributed by atoms with Crippen LogP contribution in [-0.4, -0.2) is 93.0 Å². The first-order valence-corrected chi connectivity index (χ1v) is 17.9. The minimum absolute atomic E-state index is 0.0322. The van der Waals surface area contributed by atoms with Gasteiger partial charge < -0.3 is 34.5 Å². The number of allylic oxidation sites excluding steroid dienone is 4. The van der Waals surface area contributed by atoms with Crippen molar-refractivity contribution in [2.45, 2.75) is 103 Å². The van der Waals surface area contributed by atoms with E-state index in [0.717, 1.165) is 24.8 Å². The number of aliphatic hydroxyl groups is 1. The second kappa shape index (κ2) is 19.4.